The van der Waals surface area contributed by atoms with E-state index >= 15 is 0 Å². The number of rotatable bonds is 5. The zero-order valence-corrected chi connectivity index (χ0v) is 13.3. The second-order valence-electron chi connectivity index (χ2n) is 6.47. The van der Waals surface area contributed by atoms with Gasteiger partial charge >= 0.3 is 0 Å². The molecule has 2 N–H and O–H groups in total. The van der Waals surface area contributed by atoms with Gasteiger partial charge in [0.2, 0.25) is 0 Å². The zero-order chi connectivity index (χ0) is 16.1. The molecule has 1 fully saturated rings. The fourth-order valence-corrected chi connectivity index (χ4v) is 3.45. The lowest BCUT2D eigenvalue weighted by atomic mass is 9.81. The van der Waals surface area contributed by atoms with Gasteiger partial charge in [0.05, 0.1) is 0 Å². The fraction of sp³-hybridized carbons (Fsp3) is 0.400. The molecular formula is C20H24FNO. The van der Waals surface area contributed by atoms with Crippen LogP contribution in [0.2, 0.25) is 0 Å². The summed E-state index contributed by atoms with van der Waals surface area (Å²) in [5.41, 5.74) is 2.52. The maximum Gasteiger partial charge on any atom is 0.123 e. The summed E-state index contributed by atoms with van der Waals surface area (Å²) in [4.78, 5) is 0. The maximum absolute atomic E-state index is 12.9. The van der Waals surface area contributed by atoms with E-state index in [1.165, 1.54) is 48.9 Å². The fourth-order valence-electron chi connectivity index (χ4n) is 3.45. The summed E-state index contributed by atoms with van der Waals surface area (Å²) in [6.45, 7) is 0.945. The lowest BCUT2D eigenvalue weighted by Crippen LogP contribution is -2.34. The molecule has 0 atom stereocenters. The minimum atomic E-state index is -0.172. The third-order valence-electron chi connectivity index (χ3n) is 4.85. The number of hydrogen-bond donors (Lipinski definition) is 2. The number of phenols is 1. The first kappa shape index (κ1) is 16.0. The molecule has 1 aliphatic rings. The predicted octanol–water partition coefficient (Wildman–Crippen LogP) is 4.39. The van der Waals surface area contributed by atoms with Gasteiger partial charge in [0.15, 0.2) is 0 Å². The highest BCUT2D eigenvalue weighted by molar-refractivity contribution is 5.28. The molecule has 0 radical (unpaired) electrons. The molecule has 2 aromatic carbocycles. The van der Waals surface area contributed by atoms with Crippen LogP contribution in [0.4, 0.5) is 4.39 Å². The van der Waals surface area contributed by atoms with Crippen molar-refractivity contribution in [3.8, 4) is 5.75 Å². The van der Waals surface area contributed by atoms with Crippen LogP contribution in [0.25, 0.3) is 0 Å². The minimum Gasteiger partial charge on any atom is -0.508 e. The van der Waals surface area contributed by atoms with Crippen LogP contribution in [0.3, 0.4) is 0 Å². The number of phenolic OH excluding ortho intramolecular Hbond substituents is 1. The van der Waals surface area contributed by atoms with Gasteiger partial charge in [0.1, 0.15) is 11.6 Å². The first-order chi connectivity index (χ1) is 11.2. The van der Waals surface area contributed by atoms with Crippen LogP contribution in [0.5, 0.6) is 5.75 Å². The Morgan fingerprint density at radius 2 is 1.57 bits per heavy atom. The van der Waals surface area contributed by atoms with E-state index < -0.39 is 0 Å². The van der Waals surface area contributed by atoms with Gasteiger partial charge in [0, 0.05) is 6.04 Å². The van der Waals surface area contributed by atoms with Crippen molar-refractivity contribution >= 4 is 0 Å². The van der Waals surface area contributed by atoms with Crippen molar-refractivity contribution in [2.75, 3.05) is 6.54 Å². The van der Waals surface area contributed by atoms with Crippen molar-refractivity contribution in [3.63, 3.8) is 0 Å². The molecule has 0 spiro atoms. The first-order valence-electron chi connectivity index (χ1n) is 8.47. The Morgan fingerprint density at radius 1 is 0.913 bits per heavy atom. The molecule has 0 unspecified atom stereocenters. The van der Waals surface area contributed by atoms with Crippen LogP contribution in [-0.2, 0) is 6.42 Å². The summed E-state index contributed by atoms with van der Waals surface area (Å²) >= 11 is 0. The van der Waals surface area contributed by atoms with Gasteiger partial charge in [-0.25, -0.2) is 4.39 Å². The average Bonchev–Trinajstić information content (AvgIpc) is 2.58. The summed E-state index contributed by atoms with van der Waals surface area (Å²) in [6.07, 6.45) is 5.71. The van der Waals surface area contributed by atoms with E-state index in [0.29, 0.717) is 17.7 Å². The molecule has 1 saturated carbocycles. The predicted molar refractivity (Wildman–Crippen MR) is 91.2 cm³/mol. The molecule has 3 heteroatoms. The second-order valence-corrected chi connectivity index (χ2v) is 6.47. The van der Waals surface area contributed by atoms with Gasteiger partial charge in [-0.2, -0.15) is 0 Å². The Labute approximate surface area is 137 Å². The normalized spacial score (nSPS) is 21.3. The average molecular weight is 313 g/mol. The zero-order valence-electron chi connectivity index (χ0n) is 13.3. The summed E-state index contributed by atoms with van der Waals surface area (Å²) < 4.78 is 12.9. The largest absolute Gasteiger partial charge is 0.508 e. The van der Waals surface area contributed by atoms with Crippen LogP contribution in [0, 0.1) is 5.82 Å². The molecule has 0 aromatic heterocycles. The third kappa shape index (κ3) is 4.55. The van der Waals surface area contributed by atoms with Crippen LogP contribution in [0.15, 0.2) is 48.5 Å². The van der Waals surface area contributed by atoms with Gasteiger partial charge in [-0.15, -0.1) is 0 Å². The monoisotopic (exact) mass is 313 g/mol. The van der Waals surface area contributed by atoms with E-state index in [9.17, 15) is 9.50 Å². The van der Waals surface area contributed by atoms with E-state index in [-0.39, 0.29) is 5.82 Å². The van der Waals surface area contributed by atoms with Crippen LogP contribution in [0.1, 0.15) is 42.7 Å². The molecule has 0 amide bonds. The van der Waals surface area contributed by atoms with Crippen molar-refractivity contribution < 1.29 is 9.50 Å². The maximum atomic E-state index is 12.9. The molecule has 122 valence electrons. The highest BCUT2D eigenvalue weighted by Crippen LogP contribution is 2.33. The first-order valence-corrected chi connectivity index (χ1v) is 8.47. The lowest BCUT2D eigenvalue weighted by molar-refractivity contribution is 0.344. The van der Waals surface area contributed by atoms with Crippen LogP contribution >= 0.6 is 0 Å². The van der Waals surface area contributed by atoms with Crippen molar-refractivity contribution in [2.45, 2.75) is 44.1 Å². The van der Waals surface area contributed by atoms with Crippen molar-refractivity contribution in [1.82, 2.24) is 5.32 Å². The van der Waals surface area contributed by atoms with Gasteiger partial charge in [-0.1, -0.05) is 24.3 Å². The van der Waals surface area contributed by atoms with Crippen LogP contribution < -0.4 is 5.32 Å². The molecule has 3 rings (SSSR count). The summed E-state index contributed by atoms with van der Waals surface area (Å²) in [5.74, 6) is 0.782. The molecule has 0 aliphatic heterocycles. The van der Waals surface area contributed by atoms with Crippen LogP contribution in [-0.4, -0.2) is 17.7 Å². The second kappa shape index (κ2) is 7.60. The van der Waals surface area contributed by atoms with E-state index in [1.807, 2.05) is 24.3 Å². The molecule has 1 aliphatic carbocycles. The highest BCUT2D eigenvalue weighted by Gasteiger charge is 2.21. The van der Waals surface area contributed by atoms with Gasteiger partial charge in [-0.3, -0.25) is 0 Å². The molecule has 2 aromatic rings. The third-order valence-corrected chi connectivity index (χ3v) is 4.85. The summed E-state index contributed by atoms with van der Waals surface area (Å²) in [7, 11) is 0. The Balaban J connectivity index is 1.40. The van der Waals surface area contributed by atoms with Gasteiger partial charge in [-0.05, 0) is 80.0 Å². The Morgan fingerprint density at radius 3 is 2.22 bits per heavy atom. The molecule has 23 heavy (non-hydrogen) atoms. The van der Waals surface area contributed by atoms with E-state index in [4.69, 9.17) is 0 Å². The number of hydrogen-bond acceptors (Lipinski definition) is 2. The summed E-state index contributed by atoms with van der Waals surface area (Å²) in [6, 6.07) is 15.0. The summed E-state index contributed by atoms with van der Waals surface area (Å²) in [5, 5.41) is 13.0. The van der Waals surface area contributed by atoms with Crippen molar-refractivity contribution in [2.24, 2.45) is 0 Å². The molecule has 0 heterocycles. The Hall–Kier alpha value is -1.87. The standard InChI is InChI=1S/C20H24FNO/c21-18-7-1-15(2-8-18)13-14-22-19-9-3-16(4-10-19)17-5-11-20(23)12-6-17/h1-2,5-8,11-12,16,19,22-23H,3-4,9-10,13-14H2. The van der Waals surface area contributed by atoms with Crippen molar-refractivity contribution in [3.05, 3.63) is 65.5 Å². The molecule has 0 bridgehead atoms. The Kier molecular flexibility index (Phi) is 5.29. The quantitative estimate of drug-likeness (QED) is 0.858. The van der Waals surface area contributed by atoms with E-state index in [1.54, 1.807) is 12.1 Å². The highest BCUT2D eigenvalue weighted by atomic mass is 19.1. The van der Waals surface area contributed by atoms with Crippen molar-refractivity contribution in [1.29, 1.82) is 0 Å². The SMILES string of the molecule is Oc1ccc(C2CCC(NCCc3ccc(F)cc3)CC2)cc1. The topological polar surface area (TPSA) is 32.3 Å². The van der Waals surface area contributed by atoms with E-state index in [2.05, 4.69) is 5.32 Å². The number of halogens is 1. The lowest BCUT2D eigenvalue weighted by Gasteiger charge is -2.29. The van der Waals surface area contributed by atoms with Gasteiger partial charge < -0.3 is 10.4 Å². The smallest absolute Gasteiger partial charge is 0.123 e. The number of benzene rings is 2. The van der Waals surface area contributed by atoms with Gasteiger partial charge in [0.25, 0.3) is 0 Å². The molecule has 2 nitrogen and oxygen atoms in total. The number of nitrogens with one attached hydrogen (secondary N) is 1. The number of aromatic hydroxyl groups is 1. The minimum absolute atomic E-state index is 0.172. The Bertz CT molecular complexity index is 598. The molecular weight excluding hydrogens is 289 g/mol. The van der Waals surface area contributed by atoms with E-state index in [0.717, 1.165) is 13.0 Å². The molecule has 0 saturated heterocycles.